The lowest BCUT2D eigenvalue weighted by molar-refractivity contribution is -0.109. The third kappa shape index (κ3) is 5.31. The smallest absolute Gasteiger partial charge is 0.186 e. The van der Waals surface area contributed by atoms with Gasteiger partial charge in [-0.2, -0.15) is 0 Å². The van der Waals surface area contributed by atoms with E-state index in [9.17, 15) is 18.7 Å². The lowest BCUT2D eigenvalue weighted by Gasteiger charge is -2.39. The number of aliphatic hydroxyl groups is 1. The molecule has 0 bridgehead atoms. The second-order valence-corrected chi connectivity index (χ2v) is 8.04. The second-order valence-electron chi connectivity index (χ2n) is 7.20. The first-order valence-corrected chi connectivity index (χ1v) is 10.3. The molecule has 1 fully saturated rings. The topological polar surface area (TPSA) is 71.0 Å². The number of halogens is 4. The van der Waals surface area contributed by atoms with Crippen molar-refractivity contribution in [1.82, 2.24) is 0 Å². The molecular weight excluding hydrogens is 453 g/mol. The molecule has 0 saturated carbocycles. The fourth-order valence-corrected chi connectivity index (χ4v) is 3.92. The largest absolute Gasteiger partial charge is 0.487 e. The van der Waals surface area contributed by atoms with Crippen molar-refractivity contribution in [2.45, 2.75) is 18.4 Å². The molecule has 1 heterocycles. The summed E-state index contributed by atoms with van der Waals surface area (Å²) in [7, 11) is 1.65. The minimum atomic E-state index is -1.21. The van der Waals surface area contributed by atoms with E-state index in [1.165, 1.54) is 4.90 Å². The molecule has 0 aromatic heterocycles. The minimum absolute atomic E-state index is 0.0165. The molecule has 2 N–H and O–H groups in total. The number of aldehydes is 1. The first kappa shape index (κ1) is 23.4. The average Bonchev–Trinajstić information content (AvgIpc) is 2.72. The Morgan fingerprint density at radius 1 is 1.19 bits per heavy atom. The molecule has 0 atom stereocenters. The summed E-state index contributed by atoms with van der Waals surface area (Å²) in [5.74, 6) is -0.927. The number of nitrogens with one attached hydrogen (secondary N) is 1. The van der Waals surface area contributed by atoms with Crippen molar-refractivity contribution >= 4 is 40.9 Å². The molecule has 2 aromatic rings. The van der Waals surface area contributed by atoms with Crippen molar-refractivity contribution in [3.05, 3.63) is 45.9 Å². The molecule has 168 valence electrons. The molecule has 1 aliphatic heterocycles. The number of hydrogen-bond donors (Lipinski definition) is 2. The lowest BCUT2D eigenvalue weighted by Crippen LogP contribution is -2.48. The maximum atomic E-state index is 14.2. The fourth-order valence-electron chi connectivity index (χ4n) is 3.49. The molecule has 10 heteroatoms. The van der Waals surface area contributed by atoms with Gasteiger partial charge < -0.3 is 24.8 Å². The molecule has 3 rings (SSSR count). The van der Waals surface area contributed by atoms with Crippen molar-refractivity contribution in [2.75, 3.05) is 43.6 Å². The first-order chi connectivity index (χ1) is 14.8. The standard InChI is InChI=1S/C21H22Cl2F2N2O4/c1-26-18-14(23)2-3-17(20(18)30-9-8-28)31-12-21(29)4-6-27(7-5-21)19-15(24)10-13(22)11-16(19)25/h2-3,8,10-11,26,29H,4-7,9,12H2,1H3. The van der Waals surface area contributed by atoms with E-state index in [-0.39, 0.29) is 55.6 Å². The van der Waals surface area contributed by atoms with Gasteiger partial charge in [-0.05, 0) is 37.1 Å². The van der Waals surface area contributed by atoms with Crippen LogP contribution in [0.25, 0.3) is 0 Å². The summed E-state index contributed by atoms with van der Waals surface area (Å²) in [6.07, 6.45) is 1.05. The number of ether oxygens (including phenoxy) is 2. The van der Waals surface area contributed by atoms with Crippen molar-refractivity contribution < 1.29 is 28.2 Å². The van der Waals surface area contributed by atoms with E-state index in [4.69, 9.17) is 32.7 Å². The van der Waals surface area contributed by atoms with Gasteiger partial charge in [0.2, 0.25) is 0 Å². The van der Waals surface area contributed by atoms with Gasteiger partial charge in [0.25, 0.3) is 0 Å². The minimum Gasteiger partial charge on any atom is -0.487 e. The SMILES string of the molecule is CNc1c(Cl)ccc(OCC2(O)CCN(c3c(F)cc(Cl)cc3F)CC2)c1OCC=O. The summed E-state index contributed by atoms with van der Waals surface area (Å²) in [5, 5.41) is 14.2. The number of rotatable bonds is 8. The van der Waals surface area contributed by atoms with Gasteiger partial charge in [-0.3, -0.25) is 4.79 Å². The lowest BCUT2D eigenvalue weighted by atomic mass is 9.92. The second kappa shape index (κ2) is 9.89. The number of hydrogen-bond acceptors (Lipinski definition) is 6. The Kier molecular flexibility index (Phi) is 7.46. The van der Waals surface area contributed by atoms with Crippen LogP contribution in [-0.2, 0) is 4.79 Å². The zero-order valence-electron chi connectivity index (χ0n) is 16.8. The van der Waals surface area contributed by atoms with Gasteiger partial charge in [0, 0.05) is 25.2 Å². The van der Waals surface area contributed by atoms with Crippen LogP contribution in [0.1, 0.15) is 12.8 Å². The van der Waals surface area contributed by atoms with Crippen LogP contribution in [0.4, 0.5) is 20.2 Å². The molecule has 0 unspecified atom stereocenters. The monoisotopic (exact) mass is 474 g/mol. The third-order valence-corrected chi connectivity index (χ3v) is 5.64. The number of benzene rings is 2. The van der Waals surface area contributed by atoms with Crippen LogP contribution < -0.4 is 19.7 Å². The molecule has 1 aliphatic rings. The third-order valence-electron chi connectivity index (χ3n) is 5.10. The highest BCUT2D eigenvalue weighted by Crippen LogP contribution is 2.41. The maximum absolute atomic E-state index is 14.2. The normalized spacial score (nSPS) is 15.5. The Morgan fingerprint density at radius 2 is 1.84 bits per heavy atom. The summed E-state index contributed by atoms with van der Waals surface area (Å²) < 4.78 is 39.7. The van der Waals surface area contributed by atoms with E-state index in [2.05, 4.69) is 5.32 Å². The maximum Gasteiger partial charge on any atom is 0.186 e. The van der Waals surface area contributed by atoms with Crippen molar-refractivity contribution in [1.29, 1.82) is 0 Å². The Hall–Kier alpha value is -2.29. The molecule has 1 saturated heterocycles. The van der Waals surface area contributed by atoms with E-state index in [1.807, 2.05) is 0 Å². The van der Waals surface area contributed by atoms with Crippen molar-refractivity contribution in [2.24, 2.45) is 0 Å². The Morgan fingerprint density at radius 3 is 2.42 bits per heavy atom. The van der Waals surface area contributed by atoms with E-state index in [0.29, 0.717) is 22.7 Å². The van der Waals surface area contributed by atoms with Crippen molar-refractivity contribution in [3.63, 3.8) is 0 Å². The van der Waals surface area contributed by atoms with Gasteiger partial charge in [0.05, 0.1) is 10.7 Å². The molecule has 0 amide bonds. The van der Waals surface area contributed by atoms with Crippen LogP contribution in [-0.4, -0.2) is 50.3 Å². The molecule has 6 nitrogen and oxygen atoms in total. The van der Waals surface area contributed by atoms with Crippen molar-refractivity contribution in [3.8, 4) is 11.5 Å². The van der Waals surface area contributed by atoms with Gasteiger partial charge in [0.1, 0.15) is 24.5 Å². The summed E-state index contributed by atoms with van der Waals surface area (Å²) >= 11 is 11.8. The highest BCUT2D eigenvalue weighted by Gasteiger charge is 2.35. The Balaban J connectivity index is 1.69. The van der Waals surface area contributed by atoms with Gasteiger partial charge in [0.15, 0.2) is 29.4 Å². The van der Waals surface area contributed by atoms with Gasteiger partial charge in [-0.1, -0.05) is 23.2 Å². The summed E-state index contributed by atoms with van der Waals surface area (Å²) in [4.78, 5) is 12.3. The fraction of sp³-hybridized carbons (Fsp3) is 0.381. The molecule has 0 aliphatic carbocycles. The van der Waals surface area contributed by atoms with E-state index >= 15 is 0 Å². The predicted molar refractivity (Wildman–Crippen MR) is 116 cm³/mol. The molecule has 31 heavy (non-hydrogen) atoms. The average molecular weight is 475 g/mol. The molecule has 0 radical (unpaired) electrons. The number of carbonyl (C=O) groups is 1. The summed E-state index contributed by atoms with van der Waals surface area (Å²) in [6, 6.07) is 5.31. The number of nitrogens with zero attached hydrogens (tertiary/aromatic N) is 1. The number of anilines is 2. The van der Waals surface area contributed by atoms with Gasteiger partial charge in [-0.15, -0.1) is 0 Å². The van der Waals surface area contributed by atoms with Crippen LogP contribution in [0.3, 0.4) is 0 Å². The van der Waals surface area contributed by atoms with Crippen LogP contribution in [0, 0.1) is 11.6 Å². The summed E-state index contributed by atoms with van der Waals surface area (Å²) in [5.41, 5.74) is -0.915. The van der Waals surface area contributed by atoms with E-state index < -0.39 is 17.2 Å². The highest BCUT2D eigenvalue weighted by atomic mass is 35.5. The van der Waals surface area contributed by atoms with Crippen LogP contribution in [0.2, 0.25) is 10.0 Å². The van der Waals surface area contributed by atoms with Gasteiger partial charge >= 0.3 is 0 Å². The first-order valence-electron chi connectivity index (χ1n) is 9.59. The van der Waals surface area contributed by atoms with Gasteiger partial charge in [-0.25, -0.2) is 8.78 Å². The summed E-state index contributed by atoms with van der Waals surface area (Å²) in [6.45, 7) is 0.190. The predicted octanol–water partition coefficient (Wildman–Crippen LogP) is 4.30. The quantitative estimate of drug-likeness (QED) is 0.555. The van der Waals surface area contributed by atoms with Crippen LogP contribution >= 0.6 is 23.2 Å². The number of piperidine rings is 1. The van der Waals surface area contributed by atoms with E-state index in [0.717, 1.165) is 12.1 Å². The van der Waals surface area contributed by atoms with Crippen LogP contribution in [0.15, 0.2) is 24.3 Å². The Bertz CT molecular complexity index is 930. The van der Waals surface area contributed by atoms with Crippen LogP contribution in [0.5, 0.6) is 11.5 Å². The zero-order chi connectivity index (χ0) is 22.6. The zero-order valence-corrected chi connectivity index (χ0v) is 18.3. The molecule has 0 spiro atoms. The molecule has 2 aromatic carbocycles. The highest BCUT2D eigenvalue weighted by molar-refractivity contribution is 6.33. The number of carbonyl (C=O) groups excluding carboxylic acids is 1. The molecular formula is C21H22Cl2F2N2O4. The van der Waals surface area contributed by atoms with E-state index in [1.54, 1.807) is 19.2 Å². The Labute approximate surface area is 188 Å².